The number of hydrogen-bond donors (Lipinski definition) is 2. The summed E-state index contributed by atoms with van der Waals surface area (Å²) in [7, 11) is 1.84. The molecule has 0 aromatic rings. The third kappa shape index (κ3) is 4.03. The van der Waals surface area contributed by atoms with Crippen molar-refractivity contribution in [1.82, 2.24) is 10.6 Å². The Morgan fingerprint density at radius 1 is 1.38 bits per heavy atom. The van der Waals surface area contributed by atoms with Crippen molar-refractivity contribution in [3.63, 3.8) is 0 Å². The van der Waals surface area contributed by atoms with Crippen LogP contribution in [0, 0.1) is 5.41 Å². The highest BCUT2D eigenvalue weighted by atomic mass is 15.2. The van der Waals surface area contributed by atoms with Crippen LogP contribution < -0.4 is 10.6 Å². The number of hydrogen-bond acceptors (Lipinski definition) is 1. The van der Waals surface area contributed by atoms with E-state index in [1.165, 1.54) is 25.7 Å². The summed E-state index contributed by atoms with van der Waals surface area (Å²) in [4.78, 5) is 4.26. The molecule has 0 aromatic heterocycles. The Morgan fingerprint density at radius 2 is 2.00 bits per heavy atom. The van der Waals surface area contributed by atoms with Gasteiger partial charge in [0, 0.05) is 19.6 Å². The van der Waals surface area contributed by atoms with E-state index >= 15 is 0 Å². The van der Waals surface area contributed by atoms with Gasteiger partial charge in [-0.2, -0.15) is 0 Å². The van der Waals surface area contributed by atoms with Crippen molar-refractivity contribution in [2.45, 2.75) is 58.9 Å². The maximum absolute atomic E-state index is 4.26. The Balaban J connectivity index is 2.34. The summed E-state index contributed by atoms with van der Waals surface area (Å²) in [5.74, 6) is 0.947. The summed E-state index contributed by atoms with van der Waals surface area (Å²) in [6.07, 6.45) is 6.59. The lowest BCUT2D eigenvalue weighted by Crippen LogP contribution is -2.45. The predicted octanol–water partition coefficient (Wildman–Crippen LogP) is 2.53. The first-order chi connectivity index (χ1) is 7.59. The van der Waals surface area contributed by atoms with Gasteiger partial charge in [0.05, 0.1) is 0 Å². The summed E-state index contributed by atoms with van der Waals surface area (Å²) in [5.41, 5.74) is 0.479. The molecule has 1 atom stereocenters. The van der Waals surface area contributed by atoms with Gasteiger partial charge in [-0.1, -0.05) is 26.7 Å². The van der Waals surface area contributed by atoms with E-state index in [1.807, 2.05) is 7.05 Å². The Labute approximate surface area is 100 Å². The summed E-state index contributed by atoms with van der Waals surface area (Å²) in [6, 6.07) is 0.489. The molecule has 94 valence electrons. The second kappa shape index (κ2) is 6.12. The smallest absolute Gasteiger partial charge is 0.191 e. The van der Waals surface area contributed by atoms with Crippen LogP contribution in [0.4, 0.5) is 0 Å². The molecule has 3 heteroatoms. The Hall–Kier alpha value is -0.730. The molecule has 0 aliphatic heterocycles. The fraction of sp³-hybridized carbons (Fsp3) is 0.923. The first-order valence-electron chi connectivity index (χ1n) is 6.57. The van der Waals surface area contributed by atoms with E-state index in [0.29, 0.717) is 11.5 Å². The van der Waals surface area contributed by atoms with E-state index < -0.39 is 0 Å². The van der Waals surface area contributed by atoms with Crippen LogP contribution in [0.5, 0.6) is 0 Å². The summed E-state index contributed by atoms with van der Waals surface area (Å²) in [5, 5.41) is 6.85. The van der Waals surface area contributed by atoms with Crippen molar-refractivity contribution in [2.75, 3.05) is 13.6 Å². The van der Waals surface area contributed by atoms with Crippen molar-refractivity contribution in [1.29, 1.82) is 0 Å². The molecule has 1 saturated carbocycles. The van der Waals surface area contributed by atoms with Crippen molar-refractivity contribution >= 4 is 5.96 Å². The minimum absolute atomic E-state index is 0.479. The molecule has 1 unspecified atom stereocenters. The summed E-state index contributed by atoms with van der Waals surface area (Å²) in [6.45, 7) is 7.79. The van der Waals surface area contributed by atoms with Gasteiger partial charge in [-0.3, -0.25) is 4.99 Å². The Kier molecular flexibility index (Phi) is 5.10. The quantitative estimate of drug-likeness (QED) is 0.570. The molecule has 1 rings (SSSR count). The van der Waals surface area contributed by atoms with Gasteiger partial charge in [0.2, 0.25) is 0 Å². The molecule has 3 nitrogen and oxygen atoms in total. The molecule has 0 amide bonds. The lowest BCUT2D eigenvalue weighted by Gasteiger charge is -2.26. The van der Waals surface area contributed by atoms with Gasteiger partial charge in [0.25, 0.3) is 0 Å². The molecule has 1 aliphatic carbocycles. The molecule has 0 bridgehead atoms. The third-order valence-corrected chi connectivity index (χ3v) is 3.71. The predicted molar refractivity (Wildman–Crippen MR) is 70.8 cm³/mol. The molecule has 0 heterocycles. The highest BCUT2D eigenvalue weighted by molar-refractivity contribution is 5.79. The molecule has 0 spiro atoms. The number of nitrogens with zero attached hydrogens (tertiary/aromatic N) is 1. The maximum Gasteiger partial charge on any atom is 0.191 e. The lowest BCUT2D eigenvalue weighted by molar-refractivity contribution is 0.333. The van der Waals surface area contributed by atoms with Crippen LogP contribution in [0.2, 0.25) is 0 Å². The third-order valence-electron chi connectivity index (χ3n) is 3.71. The minimum atomic E-state index is 0.479. The number of nitrogens with one attached hydrogen (secondary N) is 2. The zero-order valence-corrected chi connectivity index (χ0v) is 11.3. The second-order valence-corrected chi connectivity index (χ2v) is 5.40. The molecule has 0 saturated heterocycles. The van der Waals surface area contributed by atoms with Crippen molar-refractivity contribution < 1.29 is 0 Å². The molecular formula is C13H27N3. The average molecular weight is 225 g/mol. The van der Waals surface area contributed by atoms with Gasteiger partial charge in [0.1, 0.15) is 0 Å². The molecule has 0 radical (unpaired) electrons. The number of aliphatic imine (C=N–C) groups is 1. The largest absolute Gasteiger partial charge is 0.356 e. The van der Waals surface area contributed by atoms with E-state index in [1.54, 1.807) is 0 Å². The fourth-order valence-corrected chi connectivity index (χ4v) is 2.23. The van der Waals surface area contributed by atoms with Crippen LogP contribution in [0.25, 0.3) is 0 Å². The molecule has 0 aromatic carbocycles. The second-order valence-electron chi connectivity index (χ2n) is 5.40. The fourth-order valence-electron chi connectivity index (χ4n) is 2.23. The minimum Gasteiger partial charge on any atom is -0.356 e. The highest BCUT2D eigenvalue weighted by Crippen LogP contribution is 2.36. The van der Waals surface area contributed by atoms with E-state index in [4.69, 9.17) is 0 Å². The van der Waals surface area contributed by atoms with E-state index in [0.717, 1.165) is 18.9 Å². The lowest BCUT2D eigenvalue weighted by atomic mass is 9.89. The highest BCUT2D eigenvalue weighted by Gasteiger charge is 2.28. The average Bonchev–Trinajstić information content (AvgIpc) is 2.71. The van der Waals surface area contributed by atoms with Crippen LogP contribution in [0.15, 0.2) is 4.99 Å². The van der Waals surface area contributed by atoms with Crippen molar-refractivity contribution in [2.24, 2.45) is 10.4 Å². The van der Waals surface area contributed by atoms with Crippen LogP contribution in [-0.2, 0) is 0 Å². The monoisotopic (exact) mass is 225 g/mol. The Bertz CT molecular complexity index is 229. The van der Waals surface area contributed by atoms with Gasteiger partial charge in [0.15, 0.2) is 5.96 Å². The Morgan fingerprint density at radius 3 is 2.50 bits per heavy atom. The SMILES string of the molecule is CCC(C)NC(=NC)NCC1(C)CCCC1. The van der Waals surface area contributed by atoms with Crippen LogP contribution in [0.3, 0.4) is 0 Å². The zero-order valence-electron chi connectivity index (χ0n) is 11.3. The maximum atomic E-state index is 4.26. The molecule has 16 heavy (non-hydrogen) atoms. The molecular weight excluding hydrogens is 198 g/mol. The summed E-state index contributed by atoms with van der Waals surface area (Å²) >= 11 is 0. The van der Waals surface area contributed by atoms with Crippen LogP contribution in [0.1, 0.15) is 52.9 Å². The van der Waals surface area contributed by atoms with Gasteiger partial charge >= 0.3 is 0 Å². The first-order valence-corrected chi connectivity index (χ1v) is 6.57. The van der Waals surface area contributed by atoms with E-state index in [2.05, 4.69) is 36.4 Å². The van der Waals surface area contributed by atoms with E-state index in [-0.39, 0.29) is 0 Å². The standard InChI is InChI=1S/C13H27N3/c1-5-11(2)16-12(14-4)15-10-13(3)8-6-7-9-13/h11H,5-10H2,1-4H3,(H2,14,15,16). The normalized spacial score (nSPS) is 21.9. The number of guanidine groups is 1. The first kappa shape index (κ1) is 13.3. The van der Waals surface area contributed by atoms with Crippen LogP contribution >= 0.6 is 0 Å². The van der Waals surface area contributed by atoms with E-state index in [9.17, 15) is 0 Å². The van der Waals surface area contributed by atoms with Gasteiger partial charge in [-0.25, -0.2) is 0 Å². The molecule has 2 N–H and O–H groups in total. The van der Waals surface area contributed by atoms with Gasteiger partial charge in [-0.05, 0) is 31.6 Å². The molecule has 1 fully saturated rings. The van der Waals surface area contributed by atoms with Gasteiger partial charge < -0.3 is 10.6 Å². The van der Waals surface area contributed by atoms with Gasteiger partial charge in [-0.15, -0.1) is 0 Å². The van der Waals surface area contributed by atoms with Crippen molar-refractivity contribution in [3.05, 3.63) is 0 Å². The summed E-state index contributed by atoms with van der Waals surface area (Å²) < 4.78 is 0. The topological polar surface area (TPSA) is 36.4 Å². The number of rotatable bonds is 4. The van der Waals surface area contributed by atoms with Crippen molar-refractivity contribution in [3.8, 4) is 0 Å². The molecule has 1 aliphatic rings. The van der Waals surface area contributed by atoms with Crippen LogP contribution in [-0.4, -0.2) is 25.6 Å². The zero-order chi connectivity index (χ0) is 12.0.